The fourth-order valence-corrected chi connectivity index (χ4v) is 5.03. The monoisotopic (exact) mass is 357 g/mol. The van der Waals surface area contributed by atoms with Crippen molar-refractivity contribution in [3.05, 3.63) is 0 Å². The predicted molar refractivity (Wildman–Crippen MR) is 94.1 cm³/mol. The number of rotatable bonds is 7. The molecule has 7 heteroatoms. The van der Waals surface area contributed by atoms with E-state index < -0.39 is 10.0 Å². The zero-order valence-electron chi connectivity index (χ0n) is 14.7. The highest BCUT2D eigenvalue weighted by Crippen LogP contribution is 2.41. The summed E-state index contributed by atoms with van der Waals surface area (Å²) in [4.78, 5) is 16.9. The second kappa shape index (κ2) is 7.70. The topological polar surface area (TPSA) is 69.7 Å². The number of carbonyl (C=O) groups is 1. The van der Waals surface area contributed by atoms with Crippen molar-refractivity contribution in [2.45, 2.75) is 51.0 Å². The lowest BCUT2D eigenvalue weighted by Gasteiger charge is -2.26. The lowest BCUT2D eigenvalue weighted by molar-refractivity contribution is -0.130. The molecule has 2 aliphatic heterocycles. The molecule has 0 aromatic rings. The van der Waals surface area contributed by atoms with E-state index in [2.05, 4.69) is 9.62 Å². The Kier molecular flexibility index (Phi) is 5.82. The van der Waals surface area contributed by atoms with Gasteiger partial charge in [0.05, 0.1) is 6.26 Å². The largest absolute Gasteiger partial charge is 0.341 e. The summed E-state index contributed by atoms with van der Waals surface area (Å²) in [5, 5.41) is 0. The van der Waals surface area contributed by atoms with E-state index in [-0.39, 0.29) is 11.9 Å². The molecule has 3 rings (SSSR count). The third-order valence-electron chi connectivity index (χ3n) is 5.62. The average molecular weight is 358 g/mol. The van der Waals surface area contributed by atoms with Gasteiger partial charge in [0.1, 0.15) is 0 Å². The molecule has 0 aromatic heterocycles. The minimum atomic E-state index is -3.22. The summed E-state index contributed by atoms with van der Waals surface area (Å²) in [6.07, 6.45) is 8.94. The Morgan fingerprint density at radius 3 is 2.46 bits per heavy atom. The molecule has 0 bridgehead atoms. The Hall–Kier alpha value is -0.660. The zero-order chi connectivity index (χ0) is 17.2. The third-order valence-corrected chi connectivity index (χ3v) is 6.36. The van der Waals surface area contributed by atoms with E-state index in [1.54, 1.807) is 0 Å². The van der Waals surface area contributed by atoms with Crippen LogP contribution in [0.5, 0.6) is 0 Å². The molecule has 2 saturated heterocycles. The van der Waals surface area contributed by atoms with E-state index in [1.165, 1.54) is 51.4 Å². The quantitative estimate of drug-likeness (QED) is 0.739. The molecule has 0 radical (unpaired) electrons. The Bertz CT molecular complexity index is 541. The van der Waals surface area contributed by atoms with Crippen LogP contribution in [0.1, 0.15) is 44.9 Å². The molecule has 1 aliphatic carbocycles. The maximum absolute atomic E-state index is 12.5. The minimum Gasteiger partial charge on any atom is -0.341 e. The molecule has 3 aliphatic rings. The molecule has 2 heterocycles. The van der Waals surface area contributed by atoms with Crippen molar-refractivity contribution in [2.24, 2.45) is 11.8 Å². The first kappa shape index (κ1) is 18.1. The molecular weight excluding hydrogens is 326 g/mol. The van der Waals surface area contributed by atoms with Crippen LogP contribution in [0, 0.1) is 11.8 Å². The highest BCUT2D eigenvalue weighted by atomic mass is 32.2. The number of amides is 1. The molecule has 6 nitrogen and oxygen atoms in total. The maximum atomic E-state index is 12.5. The fraction of sp³-hybridized carbons (Fsp3) is 0.941. The number of hydrogen-bond donors (Lipinski definition) is 1. The van der Waals surface area contributed by atoms with Crippen LogP contribution in [0.25, 0.3) is 0 Å². The summed E-state index contributed by atoms with van der Waals surface area (Å²) in [6.45, 7) is 4.61. The number of carbonyl (C=O) groups excluding carboxylic acids is 1. The van der Waals surface area contributed by atoms with Gasteiger partial charge in [-0.05, 0) is 63.6 Å². The van der Waals surface area contributed by atoms with Gasteiger partial charge in [-0.1, -0.05) is 6.42 Å². The molecule has 0 unspecified atom stereocenters. The van der Waals surface area contributed by atoms with E-state index in [9.17, 15) is 13.2 Å². The van der Waals surface area contributed by atoms with Crippen LogP contribution in [0.3, 0.4) is 0 Å². The highest BCUT2D eigenvalue weighted by molar-refractivity contribution is 7.88. The van der Waals surface area contributed by atoms with Crippen LogP contribution >= 0.6 is 0 Å². The van der Waals surface area contributed by atoms with Gasteiger partial charge in [-0.3, -0.25) is 4.79 Å². The van der Waals surface area contributed by atoms with E-state index in [0.29, 0.717) is 24.8 Å². The highest BCUT2D eigenvalue weighted by Gasteiger charge is 2.44. The SMILES string of the molecule is CS(=O)(=O)N[C@H]1CN(C(=O)CCCN2CCCCC2)C[C@@H]1C1CC1. The first-order valence-electron chi connectivity index (χ1n) is 9.40. The number of nitrogens with one attached hydrogen (secondary N) is 1. The fourth-order valence-electron chi connectivity index (χ4n) is 4.23. The molecule has 1 saturated carbocycles. The molecular formula is C17H31N3O3S. The van der Waals surface area contributed by atoms with Gasteiger partial charge in [-0.25, -0.2) is 13.1 Å². The molecule has 1 amide bonds. The van der Waals surface area contributed by atoms with Gasteiger partial charge in [0, 0.05) is 25.6 Å². The number of sulfonamides is 1. The number of nitrogens with zero attached hydrogens (tertiary/aromatic N) is 2. The van der Waals surface area contributed by atoms with Crippen LogP contribution in [-0.4, -0.2) is 69.1 Å². The van der Waals surface area contributed by atoms with E-state index in [1.807, 2.05) is 4.90 Å². The van der Waals surface area contributed by atoms with Crippen molar-refractivity contribution < 1.29 is 13.2 Å². The van der Waals surface area contributed by atoms with Gasteiger partial charge < -0.3 is 9.80 Å². The number of hydrogen-bond acceptors (Lipinski definition) is 4. The Balaban J connectivity index is 1.46. The first-order chi connectivity index (χ1) is 11.4. The second-order valence-electron chi connectivity index (χ2n) is 7.80. The maximum Gasteiger partial charge on any atom is 0.222 e. The molecule has 0 spiro atoms. The van der Waals surface area contributed by atoms with Gasteiger partial charge in [0.2, 0.25) is 15.9 Å². The van der Waals surface area contributed by atoms with Gasteiger partial charge in [-0.2, -0.15) is 0 Å². The van der Waals surface area contributed by atoms with Crippen LogP contribution < -0.4 is 4.72 Å². The van der Waals surface area contributed by atoms with Crippen molar-refractivity contribution in [1.29, 1.82) is 0 Å². The first-order valence-corrected chi connectivity index (χ1v) is 11.3. The van der Waals surface area contributed by atoms with Gasteiger partial charge in [0.15, 0.2) is 0 Å². The van der Waals surface area contributed by atoms with E-state index in [0.717, 1.165) is 19.5 Å². The summed E-state index contributed by atoms with van der Waals surface area (Å²) >= 11 is 0. The molecule has 1 N–H and O–H groups in total. The molecule has 24 heavy (non-hydrogen) atoms. The minimum absolute atomic E-state index is 0.0986. The Morgan fingerprint density at radius 2 is 1.83 bits per heavy atom. The molecule has 2 atom stereocenters. The average Bonchev–Trinajstić information content (AvgIpc) is 3.28. The third kappa shape index (κ3) is 5.17. The number of piperidine rings is 1. The summed E-state index contributed by atoms with van der Waals surface area (Å²) < 4.78 is 25.9. The summed E-state index contributed by atoms with van der Waals surface area (Å²) in [5.74, 6) is 1.08. The normalized spacial score (nSPS) is 29.1. The molecule has 138 valence electrons. The van der Waals surface area contributed by atoms with Crippen molar-refractivity contribution in [3.63, 3.8) is 0 Å². The molecule has 3 fully saturated rings. The Morgan fingerprint density at radius 1 is 1.12 bits per heavy atom. The van der Waals surface area contributed by atoms with Crippen LogP contribution in [-0.2, 0) is 14.8 Å². The lowest BCUT2D eigenvalue weighted by atomic mass is 9.99. The smallest absolute Gasteiger partial charge is 0.222 e. The standard InChI is InChI=1S/C17H31N3O3S/c1-24(22,23)18-16-13-20(12-15(16)14-7-8-14)17(21)6-5-11-19-9-3-2-4-10-19/h14-16,18H,2-13H2,1H3/t15-,16+/m1/s1. The Labute approximate surface area is 146 Å². The van der Waals surface area contributed by atoms with Crippen molar-refractivity contribution in [2.75, 3.05) is 39.0 Å². The molecule has 0 aromatic carbocycles. The van der Waals surface area contributed by atoms with Crippen molar-refractivity contribution in [3.8, 4) is 0 Å². The van der Waals surface area contributed by atoms with Gasteiger partial charge >= 0.3 is 0 Å². The van der Waals surface area contributed by atoms with Gasteiger partial charge in [0.25, 0.3) is 0 Å². The van der Waals surface area contributed by atoms with Gasteiger partial charge in [-0.15, -0.1) is 0 Å². The lowest BCUT2D eigenvalue weighted by Crippen LogP contribution is -2.41. The van der Waals surface area contributed by atoms with Crippen molar-refractivity contribution >= 4 is 15.9 Å². The van der Waals surface area contributed by atoms with Crippen molar-refractivity contribution in [1.82, 2.24) is 14.5 Å². The number of likely N-dealkylation sites (tertiary alicyclic amines) is 2. The predicted octanol–water partition coefficient (Wildman–Crippen LogP) is 1.04. The zero-order valence-corrected chi connectivity index (χ0v) is 15.6. The van der Waals surface area contributed by atoms with Crippen LogP contribution in [0.4, 0.5) is 0 Å². The van der Waals surface area contributed by atoms with E-state index >= 15 is 0 Å². The van der Waals surface area contributed by atoms with Crippen LogP contribution in [0.2, 0.25) is 0 Å². The summed E-state index contributed by atoms with van der Waals surface area (Å²) in [5.41, 5.74) is 0. The second-order valence-corrected chi connectivity index (χ2v) is 9.58. The summed E-state index contributed by atoms with van der Waals surface area (Å²) in [7, 11) is -3.22. The van der Waals surface area contributed by atoms with Crippen LogP contribution in [0.15, 0.2) is 0 Å². The van der Waals surface area contributed by atoms with E-state index in [4.69, 9.17) is 0 Å². The summed E-state index contributed by atoms with van der Waals surface area (Å²) in [6, 6.07) is -0.0986.